The van der Waals surface area contributed by atoms with Gasteiger partial charge in [0.2, 0.25) is 5.91 Å². The van der Waals surface area contributed by atoms with Crippen LogP contribution in [0.15, 0.2) is 0 Å². The number of carboxylic acid groups (broad SMARTS) is 2. The molecule has 1 rings (SSSR count). The van der Waals surface area contributed by atoms with Gasteiger partial charge in [0.1, 0.15) is 6.04 Å². The summed E-state index contributed by atoms with van der Waals surface area (Å²) >= 11 is 1.75. The molecular weight excluding hydrogens is 272 g/mol. The van der Waals surface area contributed by atoms with Crippen LogP contribution in [0.5, 0.6) is 0 Å². The summed E-state index contributed by atoms with van der Waals surface area (Å²) in [6.45, 7) is 0.837. The molecule has 1 aliphatic heterocycles. The van der Waals surface area contributed by atoms with E-state index >= 15 is 0 Å². The molecule has 0 saturated carbocycles. The molecule has 1 heterocycles. The minimum Gasteiger partial charge on any atom is -0.481 e. The lowest BCUT2D eigenvalue weighted by Gasteiger charge is -2.23. The molecule has 1 amide bonds. The second-order valence-electron chi connectivity index (χ2n) is 4.32. The van der Waals surface area contributed by atoms with Crippen molar-refractivity contribution in [3.63, 3.8) is 0 Å². The smallest absolute Gasteiger partial charge is 0.326 e. The van der Waals surface area contributed by atoms with E-state index in [1.54, 1.807) is 11.8 Å². The summed E-state index contributed by atoms with van der Waals surface area (Å²) in [5.41, 5.74) is 0. The van der Waals surface area contributed by atoms with Crippen LogP contribution >= 0.6 is 11.8 Å². The molecule has 1 fully saturated rings. The quantitative estimate of drug-likeness (QED) is 0.500. The van der Waals surface area contributed by atoms with Crippen molar-refractivity contribution in [3.05, 3.63) is 0 Å². The highest BCUT2D eigenvalue weighted by molar-refractivity contribution is 7.99. The highest BCUT2D eigenvalue weighted by atomic mass is 32.2. The fourth-order valence-corrected chi connectivity index (χ4v) is 2.70. The SMILES string of the molecule is O=C(O)CC[C@H](NC(=O)CC1CSCCN1)C(=O)O. The van der Waals surface area contributed by atoms with Gasteiger partial charge in [-0.3, -0.25) is 9.59 Å². The zero-order chi connectivity index (χ0) is 14.3. The molecular formula is C11H18N2O5S. The number of hydrogen-bond donors (Lipinski definition) is 4. The van der Waals surface area contributed by atoms with Crippen LogP contribution in [0, 0.1) is 0 Å². The first kappa shape index (κ1) is 15.8. The highest BCUT2D eigenvalue weighted by Gasteiger charge is 2.23. The van der Waals surface area contributed by atoms with Crippen LogP contribution in [0.2, 0.25) is 0 Å². The zero-order valence-electron chi connectivity index (χ0n) is 10.4. The summed E-state index contributed by atoms with van der Waals surface area (Å²) in [6.07, 6.45) is -0.179. The van der Waals surface area contributed by atoms with Gasteiger partial charge in [0, 0.05) is 36.9 Å². The van der Waals surface area contributed by atoms with E-state index in [4.69, 9.17) is 10.2 Å². The van der Waals surface area contributed by atoms with Crippen LogP contribution in [0.4, 0.5) is 0 Å². The number of nitrogens with one attached hydrogen (secondary N) is 2. The average Bonchev–Trinajstić information content (AvgIpc) is 2.35. The van der Waals surface area contributed by atoms with Gasteiger partial charge in [-0.05, 0) is 6.42 Å². The molecule has 0 spiro atoms. The summed E-state index contributed by atoms with van der Waals surface area (Å²) < 4.78 is 0. The summed E-state index contributed by atoms with van der Waals surface area (Å²) in [6, 6.07) is -1.09. The molecule has 7 nitrogen and oxygen atoms in total. The van der Waals surface area contributed by atoms with Gasteiger partial charge in [-0.1, -0.05) is 0 Å². The molecule has 0 bridgehead atoms. The zero-order valence-corrected chi connectivity index (χ0v) is 11.2. The third-order valence-electron chi connectivity index (χ3n) is 2.71. The van der Waals surface area contributed by atoms with Crippen molar-refractivity contribution >= 4 is 29.6 Å². The number of carbonyl (C=O) groups excluding carboxylic acids is 1. The summed E-state index contributed by atoms with van der Waals surface area (Å²) in [7, 11) is 0. The van der Waals surface area contributed by atoms with E-state index in [1.165, 1.54) is 0 Å². The Morgan fingerprint density at radius 1 is 1.37 bits per heavy atom. The monoisotopic (exact) mass is 290 g/mol. The largest absolute Gasteiger partial charge is 0.481 e. The van der Waals surface area contributed by atoms with Crippen LogP contribution in [0.25, 0.3) is 0 Å². The van der Waals surface area contributed by atoms with Gasteiger partial charge >= 0.3 is 11.9 Å². The minimum atomic E-state index is -1.21. The lowest BCUT2D eigenvalue weighted by Crippen LogP contribution is -2.46. The Hall–Kier alpha value is -1.28. The van der Waals surface area contributed by atoms with Gasteiger partial charge in [-0.25, -0.2) is 4.79 Å². The fourth-order valence-electron chi connectivity index (χ4n) is 1.75. The first-order valence-corrected chi connectivity index (χ1v) is 7.19. The Morgan fingerprint density at radius 3 is 2.63 bits per heavy atom. The summed E-state index contributed by atoms with van der Waals surface area (Å²) in [5, 5.41) is 23.0. The molecule has 1 aliphatic rings. The van der Waals surface area contributed by atoms with E-state index in [9.17, 15) is 14.4 Å². The Labute approximate surface area is 115 Å². The second-order valence-corrected chi connectivity index (χ2v) is 5.47. The van der Waals surface area contributed by atoms with Crippen LogP contribution < -0.4 is 10.6 Å². The molecule has 0 aromatic heterocycles. The number of carboxylic acids is 2. The van der Waals surface area contributed by atoms with Crippen molar-refractivity contribution in [1.29, 1.82) is 0 Å². The maximum absolute atomic E-state index is 11.7. The Balaban J connectivity index is 2.37. The van der Waals surface area contributed by atoms with E-state index in [0.29, 0.717) is 0 Å². The number of amides is 1. The second kappa shape index (κ2) is 8.00. The van der Waals surface area contributed by atoms with Crippen LogP contribution in [0.3, 0.4) is 0 Å². The average molecular weight is 290 g/mol. The van der Waals surface area contributed by atoms with Gasteiger partial charge in [0.05, 0.1) is 0 Å². The Morgan fingerprint density at radius 2 is 2.11 bits per heavy atom. The molecule has 1 saturated heterocycles. The lowest BCUT2D eigenvalue weighted by molar-refractivity contribution is -0.143. The molecule has 1 unspecified atom stereocenters. The standard InChI is InChI=1S/C11H18N2O5S/c14-9(5-7-6-19-4-3-12-7)13-8(11(17)18)1-2-10(15)16/h7-8,12H,1-6H2,(H,13,14)(H,15,16)(H,17,18)/t7?,8-/m0/s1. The predicted molar refractivity (Wildman–Crippen MR) is 70.2 cm³/mol. The number of thioether (sulfide) groups is 1. The third-order valence-corrected chi connectivity index (χ3v) is 3.84. The summed E-state index contributed by atoms with van der Waals surface area (Å²) in [5.74, 6) is -0.821. The molecule has 4 N–H and O–H groups in total. The van der Waals surface area contributed by atoms with Crippen molar-refractivity contribution in [2.75, 3.05) is 18.1 Å². The number of hydrogen-bond acceptors (Lipinski definition) is 5. The normalized spacial score (nSPS) is 20.5. The van der Waals surface area contributed by atoms with Crippen molar-refractivity contribution < 1.29 is 24.6 Å². The van der Waals surface area contributed by atoms with E-state index < -0.39 is 18.0 Å². The molecule has 0 radical (unpaired) electrons. The first-order valence-electron chi connectivity index (χ1n) is 6.04. The molecule has 0 aliphatic carbocycles. The molecule has 0 aromatic rings. The van der Waals surface area contributed by atoms with Crippen molar-refractivity contribution in [1.82, 2.24) is 10.6 Å². The van der Waals surface area contributed by atoms with Crippen molar-refractivity contribution in [2.24, 2.45) is 0 Å². The van der Waals surface area contributed by atoms with Crippen molar-refractivity contribution in [2.45, 2.75) is 31.3 Å². The lowest BCUT2D eigenvalue weighted by atomic mass is 10.1. The van der Waals surface area contributed by atoms with Gasteiger partial charge < -0.3 is 20.8 Å². The number of aliphatic carboxylic acids is 2. The molecule has 19 heavy (non-hydrogen) atoms. The number of carbonyl (C=O) groups is 3. The maximum atomic E-state index is 11.7. The van der Waals surface area contributed by atoms with Gasteiger partial charge in [-0.15, -0.1) is 0 Å². The van der Waals surface area contributed by atoms with Crippen LogP contribution in [0.1, 0.15) is 19.3 Å². The minimum absolute atomic E-state index is 0.0488. The molecule has 8 heteroatoms. The third kappa shape index (κ3) is 6.44. The Bertz CT molecular complexity index is 344. The molecule has 0 aromatic carbocycles. The van der Waals surface area contributed by atoms with Gasteiger partial charge in [0.15, 0.2) is 0 Å². The van der Waals surface area contributed by atoms with Gasteiger partial charge in [-0.2, -0.15) is 11.8 Å². The topological polar surface area (TPSA) is 116 Å². The maximum Gasteiger partial charge on any atom is 0.326 e. The van der Waals surface area contributed by atoms with Crippen LogP contribution in [-0.2, 0) is 14.4 Å². The van der Waals surface area contributed by atoms with E-state index in [0.717, 1.165) is 18.1 Å². The number of rotatable bonds is 7. The van der Waals surface area contributed by atoms with Crippen LogP contribution in [-0.4, -0.2) is 58.2 Å². The highest BCUT2D eigenvalue weighted by Crippen LogP contribution is 2.10. The Kier molecular flexibility index (Phi) is 6.65. The summed E-state index contributed by atoms with van der Waals surface area (Å²) in [4.78, 5) is 33.0. The van der Waals surface area contributed by atoms with E-state index in [-0.39, 0.29) is 31.2 Å². The van der Waals surface area contributed by atoms with Crippen molar-refractivity contribution in [3.8, 4) is 0 Å². The van der Waals surface area contributed by atoms with Gasteiger partial charge in [0.25, 0.3) is 0 Å². The predicted octanol–water partition coefficient (Wildman–Crippen LogP) is -0.484. The fraction of sp³-hybridized carbons (Fsp3) is 0.727. The van der Waals surface area contributed by atoms with E-state index in [2.05, 4.69) is 10.6 Å². The van der Waals surface area contributed by atoms with E-state index in [1.807, 2.05) is 0 Å². The molecule has 2 atom stereocenters. The first-order chi connectivity index (χ1) is 8.99. The molecule has 108 valence electrons.